The SMILES string of the molecule is COc1ccccc1CCNN=C(C)C(=O)O. The van der Waals surface area contributed by atoms with Gasteiger partial charge in [-0.15, -0.1) is 0 Å². The molecule has 0 radical (unpaired) electrons. The van der Waals surface area contributed by atoms with Crippen LogP contribution in [0.25, 0.3) is 0 Å². The van der Waals surface area contributed by atoms with Crippen LogP contribution in [0.15, 0.2) is 29.4 Å². The van der Waals surface area contributed by atoms with Gasteiger partial charge in [0.2, 0.25) is 0 Å². The van der Waals surface area contributed by atoms with Crippen molar-refractivity contribution in [3.63, 3.8) is 0 Å². The Kier molecular flexibility index (Phi) is 5.00. The average Bonchev–Trinajstić information content (AvgIpc) is 2.34. The van der Waals surface area contributed by atoms with Crippen LogP contribution in [0.4, 0.5) is 0 Å². The third-order valence-corrected chi connectivity index (χ3v) is 2.25. The molecule has 5 nitrogen and oxygen atoms in total. The molecule has 0 aliphatic rings. The number of methoxy groups -OCH3 is 1. The molecule has 92 valence electrons. The summed E-state index contributed by atoms with van der Waals surface area (Å²) >= 11 is 0. The second-order valence-electron chi connectivity index (χ2n) is 3.47. The molecule has 5 heteroatoms. The summed E-state index contributed by atoms with van der Waals surface area (Å²) in [4.78, 5) is 10.5. The number of carbonyl (C=O) groups is 1. The molecular formula is C12H16N2O3. The summed E-state index contributed by atoms with van der Waals surface area (Å²) in [5.41, 5.74) is 3.82. The summed E-state index contributed by atoms with van der Waals surface area (Å²) < 4.78 is 5.20. The molecule has 0 fully saturated rings. The van der Waals surface area contributed by atoms with Crippen molar-refractivity contribution in [2.24, 2.45) is 5.10 Å². The van der Waals surface area contributed by atoms with E-state index in [2.05, 4.69) is 10.5 Å². The van der Waals surface area contributed by atoms with Gasteiger partial charge in [0, 0.05) is 6.54 Å². The summed E-state index contributed by atoms with van der Waals surface area (Å²) in [6.45, 7) is 2.00. The molecule has 0 bridgehead atoms. The molecule has 0 saturated heterocycles. The Hall–Kier alpha value is -2.04. The molecule has 1 rings (SSSR count). The fourth-order valence-electron chi connectivity index (χ4n) is 1.32. The Balaban J connectivity index is 2.46. The van der Waals surface area contributed by atoms with E-state index in [1.807, 2.05) is 24.3 Å². The highest BCUT2D eigenvalue weighted by Gasteiger charge is 2.02. The van der Waals surface area contributed by atoms with Crippen LogP contribution < -0.4 is 10.2 Å². The molecule has 0 aliphatic carbocycles. The second kappa shape index (κ2) is 6.52. The number of hydrogen-bond acceptors (Lipinski definition) is 4. The maximum Gasteiger partial charge on any atom is 0.351 e. The molecule has 0 aromatic heterocycles. The first-order valence-electron chi connectivity index (χ1n) is 5.27. The number of para-hydroxylation sites is 1. The Labute approximate surface area is 100 Å². The van der Waals surface area contributed by atoms with Gasteiger partial charge in [-0.2, -0.15) is 5.10 Å². The molecule has 0 unspecified atom stereocenters. The van der Waals surface area contributed by atoms with Crippen LogP contribution in [0.5, 0.6) is 5.75 Å². The number of carboxylic acid groups (broad SMARTS) is 1. The van der Waals surface area contributed by atoms with Crippen LogP contribution in [0.3, 0.4) is 0 Å². The van der Waals surface area contributed by atoms with Gasteiger partial charge >= 0.3 is 5.97 Å². The normalized spacial score (nSPS) is 11.1. The molecule has 0 amide bonds. The van der Waals surface area contributed by atoms with Gasteiger partial charge in [-0.05, 0) is 25.0 Å². The van der Waals surface area contributed by atoms with Crippen LogP contribution in [0.2, 0.25) is 0 Å². The van der Waals surface area contributed by atoms with Crippen molar-refractivity contribution in [1.82, 2.24) is 5.43 Å². The van der Waals surface area contributed by atoms with Crippen molar-refractivity contribution < 1.29 is 14.6 Å². The smallest absolute Gasteiger partial charge is 0.351 e. The third kappa shape index (κ3) is 4.14. The number of nitrogens with one attached hydrogen (secondary N) is 1. The van der Waals surface area contributed by atoms with Gasteiger partial charge in [0.1, 0.15) is 11.5 Å². The van der Waals surface area contributed by atoms with Crippen molar-refractivity contribution in [1.29, 1.82) is 0 Å². The van der Waals surface area contributed by atoms with Crippen molar-refractivity contribution in [3.05, 3.63) is 29.8 Å². The first kappa shape index (κ1) is 13.0. The van der Waals surface area contributed by atoms with E-state index in [9.17, 15) is 4.79 Å². The first-order valence-corrected chi connectivity index (χ1v) is 5.27. The number of carboxylic acids is 1. The maximum absolute atomic E-state index is 10.5. The number of benzene rings is 1. The van der Waals surface area contributed by atoms with Crippen LogP contribution >= 0.6 is 0 Å². The van der Waals surface area contributed by atoms with Gasteiger partial charge in [0.15, 0.2) is 0 Å². The van der Waals surface area contributed by atoms with E-state index in [0.29, 0.717) is 6.54 Å². The lowest BCUT2D eigenvalue weighted by atomic mass is 10.1. The van der Waals surface area contributed by atoms with Crippen molar-refractivity contribution in [3.8, 4) is 5.75 Å². The molecule has 0 atom stereocenters. The van der Waals surface area contributed by atoms with Gasteiger partial charge in [0.25, 0.3) is 0 Å². The van der Waals surface area contributed by atoms with Gasteiger partial charge in [-0.25, -0.2) is 4.79 Å². The second-order valence-corrected chi connectivity index (χ2v) is 3.47. The van der Waals surface area contributed by atoms with Gasteiger partial charge < -0.3 is 15.3 Å². The van der Waals surface area contributed by atoms with Gasteiger partial charge in [0.05, 0.1) is 7.11 Å². The predicted octanol–water partition coefficient (Wildman–Crippen LogP) is 1.29. The maximum atomic E-state index is 10.5. The minimum Gasteiger partial charge on any atom is -0.496 e. The Morgan fingerprint density at radius 3 is 2.82 bits per heavy atom. The molecule has 0 saturated carbocycles. The minimum absolute atomic E-state index is 0.0463. The highest BCUT2D eigenvalue weighted by molar-refractivity contribution is 6.34. The number of hydrogen-bond donors (Lipinski definition) is 2. The number of ether oxygens (including phenoxy) is 1. The van der Waals surface area contributed by atoms with Gasteiger partial charge in [-0.3, -0.25) is 0 Å². The first-order chi connectivity index (χ1) is 8.15. The lowest BCUT2D eigenvalue weighted by Gasteiger charge is -2.07. The zero-order valence-corrected chi connectivity index (χ0v) is 9.93. The Bertz CT molecular complexity index is 416. The van der Waals surface area contributed by atoms with E-state index in [1.165, 1.54) is 6.92 Å². The van der Waals surface area contributed by atoms with E-state index in [0.717, 1.165) is 17.7 Å². The third-order valence-electron chi connectivity index (χ3n) is 2.25. The minimum atomic E-state index is -1.02. The van der Waals surface area contributed by atoms with Crippen LogP contribution in [0.1, 0.15) is 12.5 Å². The van der Waals surface area contributed by atoms with Crippen LogP contribution in [-0.4, -0.2) is 30.4 Å². The molecule has 0 spiro atoms. The van der Waals surface area contributed by atoms with E-state index < -0.39 is 5.97 Å². The molecule has 1 aromatic rings. The number of rotatable bonds is 6. The van der Waals surface area contributed by atoms with Crippen molar-refractivity contribution in [2.45, 2.75) is 13.3 Å². The fraction of sp³-hybridized carbons (Fsp3) is 0.333. The standard InChI is InChI=1S/C12H16N2O3/c1-9(12(15)16)14-13-8-7-10-5-3-4-6-11(10)17-2/h3-6,13H,7-8H2,1-2H3,(H,15,16). The number of hydrazone groups is 1. The van der Waals surface area contributed by atoms with E-state index in [4.69, 9.17) is 9.84 Å². The Morgan fingerprint density at radius 2 is 2.18 bits per heavy atom. The van der Waals surface area contributed by atoms with Gasteiger partial charge in [-0.1, -0.05) is 18.2 Å². The Morgan fingerprint density at radius 1 is 1.47 bits per heavy atom. The summed E-state index contributed by atoms with van der Waals surface area (Å²) in [5.74, 6) is -0.192. The lowest BCUT2D eigenvalue weighted by Crippen LogP contribution is -2.17. The fourth-order valence-corrected chi connectivity index (χ4v) is 1.32. The molecule has 17 heavy (non-hydrogen) atoms. The zero-order chi connectivity index (χ0) is 12.7. The molecule has 0 aliphatic heterocycles. The highest BCUT2D eigenvalue weighted by Crippen LogP contribution is 2.17. The quantitative estimate of drug-likeness (QED) is 0.443. The molecule has 1 aromatic carbocycles. The lowest BCUT2D eigenvalue weighted by molar-refractivity contribution is -0.129. The molecular weight excluding hydrogens is 220 g/mol. The number of nitrogens with zero attached hydrogens (tertiary/aromatic N) is 1. The van der Waals surface area contributed by atoms with Crippen LogP contribution in [-0.2, 0) is 11.2 Å². The average molecular weight is 236 g/mol. The summed E-state index contributed by atoms with van der Waals surface area (Å²) in [6.07, 6.45) is 0.723. The summed E-state index contributed by atoms with van der Waals surface area (Å²) in [7, 11) is 1.62. The summed E-state index contributed by atoms with van der Waals surface area (Å²) in [5, 5.41) is 12.3. The number of aliphatic carboxylic acids is 1. The molecule has 0 heterocycles. The van der Waals surface area contributed by atoms with Crippen molar-refractivity contribution in [2.75, 3.05) is 13.7 Å². The topological polar surface area (TPSA) is 70.9 Å². The summed E-state index contributed by atoms with van der Waals surface area (Å²) in [6, 6.07) is 7.70. The highest BCUT2D eigenvalue weighted by atomic mass is 16.5. The van der Waals surface area contributed by atoms with E-state index in [1.54, 1.807) is 7.11 Å². The van der Waals surface area contributed by atoms with Crippen molar-refractivity contribution >= 4 is 11.7 Å². The zero-order valence-electron chi connectivity index (χ0n) is 9.93. The molecule has 2 N–H and O–H groups in total. The van der Waals surface area contributed by atoms with Crippen LogP contribution in [0, 0.1) is 0 Å². The largest absolute Gasteiger partial charge is 0.496 e. The van der Waals surface area contributed by atoms with E-state index >= 15 is 0 Å². The monoisotopic (exact) mass is 236 g/mol. The van der Waals surface area contributed by atoms with E-state index in [-0.39, 0.29) is 5.71 Å². The predicted molar refractivity (Wildman–Crippen MR) is 65.4 cm³/mol.